The van der Waals surface area contributed by atoms with Crippen molar-refractivity contribution in [2.24, 2.45) is 5.92 Å². The van der Waals surface area contributed by atoms with Crippen molar-refractivity contribution in [1.82, 2.24) is 9.97 Å². The standard InChI is InChI=1S/C20H22F3N3O3/c1-3-29-18(27)14-7-5-9-26(12-14)19-24-16(11-17(25-19)20(21,22)23)13-6-4-8-15(10-13)28-2/h4,6,8,10-11,14H,3,5,7,9,12H2,1-2H3/t14-/m1/s1. The lowest BCUT2D eigenvalue weighted by Gasteiger charge is -2.32. The Labute approximate surface area is 166 Å². The number of alkyl halides is 3. The van der Waals surface area contributed by atoms with Crippen LogP contribution in [-0.4, -0.2) is 42.7 Å². The van der Waals surface area contributed by atoms with Crippen molar-refractivity contribution in [1.29, 1.82) is 0 Å². The molecule has 9 heteroatoms. The van der Waals surface area contributed by atoms with E-state index in [2.05, 4.69) is 9.97 Å². The number of hydrogen-bond donors (Lipinski definition) is 0. The predicted octanol–water partition coefficient (Wildman–Crippen LogP) is 3.95. The summed E-state index contributed by atoms with van der Waals surface area (Å²) >= 11 is 0. The van der Waals surface area contributed by atoms with E-state index in [0.717, 1.165) is 6.07 Å². The van der Waals surface area contributed by atoms with E-state index >= 15 is 0 Å². The number of halogens is 3. The van der Waals surface area contributed by atoms with Crippen LogP contribution in [0.4, 0.5) is 19.1 Å². The largest absolute Gasteiger partial charge is 0.497 e. The summed E-state index contributed by atoms with van der Waals surface area (Å²) in [5, 5.41) is 0. The van der Waals surface area contributed by atoms with Gasteiger partial charge in [0.15, 0.2) is 5.69 Å². The van der Waals surface area contributed by atoms with E-state index in [1.807, 2.05) is 0 Å². The Bertz CT molecular complexity index is 874. The quantitative estimate of drug-likeness (QED) is 0.697. The Morgan fingerprint density at radius 1 is 1.28 bits per heavy atom. The second kappa shape index (κ2) is 8.67. The van der Waals surface area contributed by atoms with E-state index in [-0.39, 0.29) is 30.8 Å². The van der Waals surface area contributed by atoms with Crippen LogP contribution < -0.4 is 9.64 Å². The molecule has 0 bridgehead atoms. The highest BCUT2D eigenvalue weighted by atomic mass is 19.4. The lowest BCUT2D eigenvalue weighted by Crippen LogP contribution is -2.40. The van der Waals surface area contributed by atoms with Gasteiger partial charge >= 0.3 is 12.1 Å². The predicted molar refractivity (Wildman–Crippen MR) is 101 cm³/mol. The van der Waals surface area contributed by atoms with Crippen LogP contribution >= 0.6 is 0 Å². The third kappa shape index (κ3) is 4.96. The van der Waals surface area contributed by atoms with Gasteiger partial charge in [-0.05, 0) is 38.0 Å². The summed E-state index contributed by atoms with van der Waals surface area (Å²) in [6, 6.07) is 7.58. The molecule has 29 heavy (non-hydrogen) atoms. The van der Waals surface area contributed by atoms with Gasteiger partial charge in [0.2, 0.25) is 5.95 Å². The molecule has 3 rings (SSSR count). The molecular formula is C20H22F3N3O3. The lowest BCUT2D eigenvalue weighted by molar-refractivity contribution is -0.148. The van der Waals surface area contributed by atoms with Crippen LogP contribution in [0.1, 0.15) is 25.5 Å². The highest BCUT2D eigenvalue weighted by Gasteiger charge is 2.35. The Morgan fingerprint density at radius 3 is 2.76 bits per heavy atom. The van der Waals surface area contributed by atoms with Crippen molar-refractivity contribution in [3.63, 3.8) is 0 Å². The molecule has 2 heterocycles. The number of benzene rings is 1. The van der Waals surface area contributed by atoms with Gasteiger partial charge in [-0.2, -0.15) is 13.2 Å². The summed E-state index contributed by atoms with van der Waals surface area (Å²) < 4.78 is 50.6. The maximum atomic E-state index is 13.5. The van der Waals surface area contributed by atoms with Crippen molar-refractivity contribution < 1.29 is 27.4 Å². The number of nitrogens with zero attached hydrogens (tertiary/aromatic N) is 3. The van der Waals surface area contributed by atoms with Gasteiger partial charge < -0.3 is 14.4 Å². The van der Waals surface area contributed by atoms with E-state index in [9.17, 15) is 18.0 Å². The zero-order valence-corrected chi connectivity index (χ0v) is 16.2. The molecular weight excluding hydrogens is 387 g/mol. The van der Waals surface area contributed by atoms with E-state index in [1.54, 1.807) is 36.1 Å². The SMILES string of the molecule is CCOC(=O)[C@@H]1CCCN(c2nc(-c3cccc(OC)c3)cc(C(F)(F)F)n2)C1. The van der Waals surface area contributed by atoms with E-state index in [1.165, 1.54) is 7.11 Å². The molecule has 0 saturated carbocycles. The van der Waals surface area contributed by atoms with Crippen molar-refractivity contribution in [3.05, 3.63) is 36.0 Å². The number of carbonyl (C=O) groups is 1. The third-order valence-corrected chi connectivity index (χ3v) is 4.69. The van der Waals surface area contributed by atoms with Crippen LogP contribution in [-0.2, 0) is 15.7 Å². The smallest absolute Gasteiger partial charge is 0.433 e. The maximum Gasteiger partial charge on any atom is 0.433 e. The molecule has 0 N–H and O–H groups in total. The van der Waals surface area contributed by atoms with Crippen LogP contribution in [0.3, 0.4) is 0 Å². The zero-order chi connectivity index (χ0) is 21.0. The molecule has 2 aromatic rings. The summed E-state index contributed by atoms with van der Waals surface area (Å²) in [4.78, 5) is 21.8. The second-order valence-corrected chi connectivity index (χ2v) is 6.71. The molecule has 1 fully saturated rings. The van der Waals surface area contributed by atoms with Gasteiger partial charge in [0.05, 0.1) is 25.3 Å². The maximum absolute atomic E-state index is 13.5. The normalized spacial score (nSPS) is 17.1. The first-order valence-electron chi connectivity index (χ1n) is 9.34. The molecule has 1 aliphatic rings. The fraction of sp³-hybridized carbons (Fsp3) is 0.450. The fourth-order valence-corrected chi connectivity index (χ4v) is 3.26. The van der Waals surface area contributed by atoms with Crippen LogP contribution in [0.5, 0.6) is 5.75 Å². The van der Waals surface area contributed by atoms with Crippen molar-refractivity contribution >= 4 is 11.9 Å². The highest BCUT2D eigenvalue weighted by molar-refractivity contribution is 5.73. The number of rotatable bonds is 5. The number of methoxy groups -OCH3 is 1. The second-order valence-electron chi connectivity index (χ2n) is 6.71. The molecule has 1 aromatic heterocycles. The molecule has 0 spiro atoms. The van der Waals surface area contributed by atoms with Crippen molar-refractivity contribution in [3.8, 4) is 17.0 Å². The van der Waals surface area contributed by atoms with Crippen molar-refractivity contribution in [2.75, 3.05) is 31.7 Å². The topological polar surface area (TPSA) is 64.5 Å². The minimum Gasteiger partial charge on any atom is -0.497 e. The summed E-state index contributed by atoms with van der Waals surface area (Å²) in [6.45, 7) is 2.66. The first kappa shape index (κ1) is 20.9. The average molecular weight is 409 g/mol. The third-order valence-electron chi connectivity index (χ3n) is 4.69. The number of piperidine rings is 1. The molecule has 156 valence electrons. The molecule has 1 atom stereocenters. The molecule has 1 saturated heterocycles. The van der Waals surface area contributed by atoms with Gasteiger partial charge in [0.1, 0.15) is 5.75 Å². The molecule has 6 nitrogen and oxygen atoms in total. The van der Waals surface area contributed by atoms with Crippen LogP contribution in [0.25, 0.3) is 11.3 Å². The Hall–Kier alpha value is -2.84. The molecule has 0 aliphatic carbocycles. The Balaban J connectivity index is 1.98. The number of hydrogen-bond acceptors (Lipinski definition) is 6. The van der Waals surface area contributed by atoms with Crippen LogP contribution in [0, 0.1) is 5.92 Å². The number of anilines is 1. The van der Waals surface area contributed by atoms with Gasteiger partial charge in [-0.15, -0.1) is 0 Å². The van der Waals surface area contributed by atoms with Gasteiger partial charge in [-0.25, -0.2) is 9.97 Å². The molecule has 0 unspecified atom stereocenters. The summed E-state index contributed by atoms with van der Waals surface area (Å²) in [7, 11) is 1.48. The zero-order valence-electron chi connectivity index (χ0n) is 16.2. The average Bonchev–Trinajstić information content (AvgIpc) is 2.73. The summed E-state index contributed by atoms with van der Waals surface area (Å²) in [6.07, 6.45) is -3.36. The molecule has 1 aliphatic heterocycles. The molecule has 0 radical (unpaired) electrons. The van der Waals surface area contributed by atoms with Gasteiger partial charge in [-0.3, -0.25) is 4.79 Å². The minimum absolute atomic E-state index is 0.0494. The summed E-state index contributed by atoms with van der Waals surface area (Å²) in [5.41, 5.74) is -0.407. The van der Waals surface area contributed by atoms with Crippen molar-refractivity contribution in [2.45, 2.75) is 25.9 Å². The van der Waals surface area contributed by atoms with E-state index < -0.39 is 17.8 Å². The number of ether oxygens (including phenoxy) is 2. The minimum atomic E-state index is -4.62. The number of esters is 1. The monoisotopic (exact) mass is 409 g/mol. The number of carbonyl (C=O) groups excluding carboxylic acids is 1. The van der Waals surface area contributed by atoms with Crippen LogP contribution in [0.2, 0.25) is 0 Å². The van der Waals surface area contributed by atoms with E-state index in [0.29, 0.717) is 30.7 Å². The Morgan fingerprint density at radius 2 is 2.07 bits per heavy atom. The van der Waals surface area contributed by atoms with Gasteiger partial charge in [-0.1, -0.05) is 12.1 Å². The lowest BCUT2D eigenvalue weighted by atomic mass is 9.98. The molecule has 0 amide bonds. The first-order chi connectivity index (χ1) is 13.8. The first-order valence-corrected chi connectivity index (χ1v) is 9.34. The van der Waals surface area contributed by atoms with Crippen LogP contribution in [0.15, 0.2) is 30.3 Å². The molecule has 1 aromatic carbocycles. The highest BCUT2D eigenvalue weighted by Crippen LogP contribution is 2.33. The van der Waals surface area contributed by atoms with Gasteiger partial charge in [0.25, 0.3) is 0 Å². The Kier molecular flexibility index (Phi) is 6.24. The van der Waals surface area contributed by atoms with E-state index in [4.69, 9.17) is 9.47 Å². The number of aromatic nitrogens is 2. The fourth-order valence-electron chi connectivity index (χ4n) is 3.26. The summed E-state index contributed by atoms with van der Waals surface area (Å²) in [5.74, 6) is -0.303. The van der Waals surface area contributed by atoms with Gasteiger partial charge in [0, 0.05) is 18.7 Å².